The number of hydrogen-bond acceptors (Lipinski definition) is 3. The van der Waals surface area contributed by atoms with Gasteiger partial charge in [-0.1, -0.05) is 0 Å². The van der Waals surface area contributed by atoms with E-state index in [1.165, 1.54) is 11.3 Å². The Labute approximate surface area is 136 Å². The van der Waals surface area contributed by atoms with Gasteiger partial charge in [-0.3, -0.25) is 9.00 Å². The summed E-state index contributed by atoms with van der Waals surface area (Å²) >= 11 is 7.79. The summed E-state index contributed by atoms with van der Waals surface area (Å²) in [5.41, 5.74) is 0.387. The Bertz CT molecular complexity index is 701. The summed E-state index contributed by atoms with van der Waals surface area (Å²) in [6.45, 7) is 0. The number of carbonyl (C=O) groups is 1. The van der Waals surface area contributed by atoms with Gasteiger partial charge in [-0.25, -0.2) is 8.78 Å². The van der Waals surface area contributed by atoms with Crippen LogP contribution in [0.2, 0.25) is 0 Å². The summed E-state index contributed by atoms with van der Waals surface area (Å²) in [6, 6.07) is 4.36. The first-order valence-corrected chi connectivity index (χ1v) is 8.92. The van der Waals surface area contributed by atoms with Gasteiger partial charge in [0, 0.05) is 11.6 Å². The smallest absolute Gasteiger partial charge is 0.177 e. The molecule has 1 aromatic heterocycles. The minimum Gasteiger partial charge on any atom is -0.293 e. The second-order valence-corrected chi connectivity index (χ2v) is 8.89. The number of hydrogen-bond donors (Lipinski definition) is 0. The fraction of sp³-hybridized carbons (Fsp3) is 0.0833. The SMILES string of the molecule is O=C(CS(=O)c1ccc(F)cc1F)c1cc(Br)sc1Br. The molecule has 0 aliphatic heterocycles. The van der Waals surface area contributed by atoms with E-state index in [1.54, 1.807) is 6.07 Å². The Hall–Kier alpha value is -0.440. The van der Waals surface area contributed by atoms with Gasteiger partial charge in [0.25, 0.3) is 0 Å². The summed E-state index contributed by atoms with van der Waals surface area (Å²) in [4.78, 5) is 11.8. The molecular weight excluding hydrogens is 438 g/mol. The van der Waals surface area contributed by atoms with Crippen LogP contribution in [0.3, 0.4) is 0 Å². The van der Waals surface area contributed by atoms with Crippen molar-refractivity contribution in [2.75, 3.05) is 5.75 Å². The van der Waals surface area contributed by atoms with Crippen LogP contribution in [0.1, 0.15) is 10.4 Å². The molecule has 0 saturated carbocycles. The number of Topliss-reactive ketones (excluding diaryl/α,β-unsaturated/α-hetero) is 1. The number of benzene rings is 1. The van der Waals surface area contributed by atoms with E-state index in [9.17, 15) is 17.8 Å². The molecule has 8 heteroatoms. The lowest BCUT2D eigenvalue weighted by Gasteiger charge is -2.03. The minimum atomic E-state index is -1.86. The van der Waals surface area contributed by atoms with Gasteiger partial charge >= 0.3 is 0 Å². The van der Waals surface area contributed by atoms with Crippen LogP contribution in [0, 0.1) is 11.6 Å². The van der Waals surface area contributed by atoms with Crippen molar-refractivity contribution in [3.63, 3.8) is 0 Å². The maximum Gasteiger partial charge on any atom is 0.177 e. The largest absolute Gasteiger partial charge is 0.293 e. The number of ketones is 1. The van der Waals surface area contributed by atoms with Crippen molar-refractivity contribution in [3.05, 3.63) is 49.0 Å². The van der Waals surface area contributed by atoms with Crippen LogP contribution >= 0.6 is 43.2 Å². The Morgan fingerprint density at radius 3 is 2.50 bits per heavy atom. The number of halogens is 4. The summed E-state index contributed by atoms with van der Waals surface area (Å²) < 4.78 is 39.6. The van der Waals surface area contributed by atoms with Crippen molar-refractivity contribution >= 4 is 59.8 Å². The summed E-state index contributed by atoms with van der Waals surface area (Å²) in [5.74, 6) is -2.40. The Morgan fingerprint density at radius 1 is 1.25 bits per heavy atom. The topological polar surface area (TPSA) is 34.1 Å². The number of carbonyl (C=O) groups excluding carboxylic acids is 1. The van der Waals surface area contributed by atoms with Gasteiger partial charge in [-0.15, -0.1) is 11.3 Å². The average Bonchev–Trinajstić information content (AvgIpc) is 2.68. The van der Waals surface area contributed by atoms with E-state index in [4.69, 9.17) is 0 Å². The lowest BCUT2D eigenvalue weighted by molar-refractivity contribution is 0.102. The first kappa shape index (κ1) is 15.9. The third-order valence-electron chi connectivity index (χ3n) is 2.36. The predicted molar refractivity (Wildman–Crippen MR) is 81.7 cm³/mol. The molecule has 106 valence electrons. The van der Waals surface area contributed by atoms with E-state index in [1.807, 2.05) is 0 Å². The second-order valence-electron chi connectivity index (χ2n) is 3.73. The molecule has 0 fully saturated rings. The Morgan fingerprint density at radius 2 is 1.95 bits per heavy atom. The van der Waals surface area contributed by atoms with Crippen molar-refractivity contribution in [3.8, 4) is 0 Å². The molecule has 0 saturated heterocycles. The van der Waals surface area contributed by atoms with Gasteiger partial charge in [0.2, 0.25) is 0 Å². The average molecular weight is 444 g/mol. The van der Waals surface area contributed by atoms with E-state index in [2.05, 4.69) is 31.9 Å². The van der Waals surface area contributed by atoms with Gasteiger partial charge in [0.15, 0.2) is 5.78 Å². The maximum atomic E-state index is 13.5. The zero-order chi connectivity index (χ0) is 14.9. The van der Waals surface area contributed by atoms with E-state index < -0.39 is 22.4 Å². The summed E-state index contributed by atoms with van der Waals surface area (Å²) in [6.07, 6.45) is 0. The van der Waals surface area contributed by atoms with Crippen molar-refractivity contribution < 1.29 is 17.8 Å². The van der Waals surface area contributed by atoms with Crippen molar-refractivity contribution in [1.29, 1.82) is 0 Å². The van der Waals surface area contributed by atoms with Crippen LogP contribution < -0.4 is 0 Å². The maximum absolute atomic E-state index is 13.5. The molecule has 0 amide bonds. The normalized spacial score (nSPS) is 12.4. The Kier molecular flexibility index (Phi) is 5.22. The highest BCUT2D eigenvalue weighted by Gasteiger charge is 2.19. The molecule has 0 bridgehead atoms. The fourth-order valence-corrected chi connectivity index (χ4v) is 5.37. The van der Waals surface area contributed by atoms with Gasteiger partial charge < -0.3 is 0 Å². The van der Waals surface area contributed by atoms with Crippen LogP contribution in [0.15, 0.2) is 36.7 Å². The molecule has 20 heavy (non-hydrogen) atoms. The van der Waals surface area contributed by atoms with Crippen LogP contribution in [0.25, 0.3) is 0 Å². The quantitative estimate of drug-likeness (QED) is 0.650. The zero-order valence-electron chi connectivity index (χ0n) is 9.66. The van der Waals surface area contributed by atoms with Crippen molar-refractivity contribution in [2.24, 2.45) is 0 Å². The molecule has 1 heterocycles. The van der Waals surface area contributed by atoms with Crippen molar-refractivity contribution in [2.45, 2.75) is 4.90 Å². The minimum absolute atomic E-state index is 0.176. The lowest BCUT2D eigenvalue weighted by atomic mass is 10.2. The van der Waals surface area contributed by atoms with E-state index in [0.717, 1.165) is 15.9 Å². The Balaban J connectivity index is 2.19. The number of thiophene rings is 1. The van der Waals surface area contributed by atoms with Crippen LogP contribution in [0.4, 0.5) is 8.78 Å². The van der Waals surface area contributed by atoms with Crippen molar-refractivity contribution in [1.82, 2.24) is 0 Å². The highest BCUT2D eigenvalue weighted by Crippen LogP contribution is 2.32. The van der Waals surface area contributed by atoms with E-state index in [0.29, 0.717) is 15.4 Å². The molecule has 0 aliphatic rings. The molecule has 0 aliphatic carbocycles. The zero-order valence-corrected chi connectivity index (χ0v) is 14.5. The highest BCUT2D eigenvalue weighted by molar-refractivity contribution is 9.12. The molecule has 2 nitrogen and oxygen atoms in total. The molecule has 1 atom stereocenters. The van der Waals surface area contributed by atoms with Crippen LogP contribution in [-0.2, 0) is 10.8 Å². The standard InChI is InChI=1S/C12H6Br2F2O2S2/c13-11-4-7(12(14)19-11)9(17)5-20(18)10-2-1-6(15)3-8(10)16/h1-4H,5H2. The number of rotatable bonds is 4. The fourth-order valence-electron chi connectivity index (χ4n) is 1.46. The van der Waals surface area contributed by atoms with Crippen LogP contribution in [-0.4, -0.2) is 15.7 Å². The van der Waals surface area contributed by atoms with E-state index in [-0.39, 0.29) is 16.4 Å². The molecule has 2 aromatic rings. The van der Waals surface area contributed by atoms with Gasteiger partial charge in [-0.05, 0) is 50.1 Å². The van der Waals surface area contributed by atoms with Gasteiger partial charge in [0.05, 0.1) is 29.0 Å². The first-order valence-electron chi connectivity index (χ1n) is 5.20. The lowest BCUT2D eigenvalue weighted by Crippen LogP contribution is -2.12. The van der Waals surface area contributed by atoms with Crippen LogP contribution in [0.5, 0.6) is 0 Å². The molecule has 0 spiro atoms. The molecule has 1 aromatic carbocycles. The summed E-state index contributed by atoms with van der Waals surface area (Å²) in [5, 5.41) is 0. The molecule has 2 rings (SSSR count). The summed E-state index contributed by atoms with van der Waals surface area (Å²) in [7, 11) is -1.86. The van der Waals surface area contributed by atoms with Gasteiger partial charge in [-0.2, -0.15) is 0 Å². The predicted octanol–water partition coefficient (Wildman–Crippen LogP) is 4.54. The second kappa shape index (κ2) is 6.55. The first-order chi connectivity index (χ1) is 9.38. The third kappa shape index (κ3) is 3.60. The molecule has 1 unspecified atom stereocenters. The third-order valence-corrected chi connectivity index (χ3v) is 6.04. The molecule has 0 radical (unpaired) electrons. The molecule has 0 N–H and O–H groups in total. The highest BCUT2D eigenvalue weighted by atomic mass is 79.9. The van der Waals surface area contributed by atoms with E-state index >= 15 is 0 Å². The van der Waals surface area contributed by atoms with Gasteiger partial charge in [0.1, 0.15) is 11.6 Å². The molecular formula is C12H6Br2F2O2S2. The monoisotopic (exact) mass is 442 g/mol.